The van der Waals surface area contributed by atoms with Crippen LogP contribution in [0.2, 0.25) is 0 Å². The number of nitrogens with one attached hydrogen (secondary N) is 1. The third-order valence-electron chi connectivity index (χ3n) is 3.12. The predicted octanol–water partition coefficient (Wildman–Crippen LogP) is 1.32. The summed E-state index contributed by atoms with van der Waals surface area (Å²) in [6.45, 7) is 1.79. The van der Waals surface area contributed by atoms with Crippen LogP contribution in [0.1, 0.15) is 23.2 Å². The van der Waals surface area contributed by atoms with E-state index in [9.17, 15) is 0 Å². The predicted molar refractivity (Wildman–Crippen MR) is 76.6 cm³/mol. The van der Waals surface area contributed by atoms with Crippen molar-refractivity contribution in [2.45, 2.75) is 19.4 Å². The molecule has 0 atom stereocenters. The number of aromatic nitrogens is 3. The van der Waals surface area contributed by atoms with Gasteiger partial charge in [-0.05, 0) is 38.1 Å². The van der Waals surface area contributed by atoms with Crippen LogP contribution in [0.25, 0.3) is 0 Å². The van der Waals surface area contributed by atoms with Crippen LogP contribution in [-0.4, -0.2) is 33.7 Å². The highest BCUT2D eigenvalue weighted by Gasteiger charge is 2.10. The zero-order chi connectivity index (χ0) is 14.4. The van der Waals surface area contributed by atoms with E-state index in [2.05, 4.69) is 39.3 Å². The minimum absolute atomic E-state index is 0.284. The summed E-state index contributed by atoms with van der Waals surface area (Å²) in [6, 6.07) is 6.08. The van der Waals surface area contributed by atoms with Gasteiger partial charge in [0.05, 0.1) is 5.69 Å². The molecular formula is C14H18N6. The molecule has 3 N–H and O–H groups in total. The van der Waals surface area contributed by atoms with E-state index in [4.69, 9.17) is 11.0 Å². The molecule has 20 heavy (non-hydrogen) atoms. The van der Waals surface area contributed by atoms with Crippen LogP contribution < -0.4 is 5.73 Å². The highest BCUT2D eigenvalue weighted by atomic mass is 15.2. The first-order valence-electron chi connectivity index (χ1n) is 6.51. The maximum atomic E-state index is 8.98. The number of rotatable bonds is 6. The molecule has 0 unspecified atom stereocenters. The molecule has 0 bridgehead atoms. The first-order chi connectivity index (χ1) is 9.70. The van der Waals surface area contributed by atoms with Crippen LogP contribution in [0, 0.1) is 11.3 Å². The second kappa shape index (κ2) is 6.68. The highest BCUT2D eigenvalue weighted by Crippen LogP contribution is 2.13. The van der Waals surface area contributed by atoms with Crippen LogP contribution in [0.3, 0.4) is 0 Å². The van der Waals surface area contributed by atoms with E-state index in [0.29, 0.717) is 5.56 Å². The molecule has 0 spiro atoms. The van der Waals surface area contributed by atoms with E-state index >= 15 is 0 Å². The van der Waals surface area contributed by atoms with E-state index in [1.807, 2.05) is 12.3 Å². The zero-order valence-electron chi connectivity index (χ0n) is 11.5. The molecule has 0 aliphatic rings. The molecule has 6 heteroatoms. The third kappa shape index (κ3) is 3.56. The number of pyridine rings is 1. The van der Waals surface area contributed by atoms with Gasteiger partial charge in [-0.25, -0.2) is 0 Å². The average molecular weight is 270 g/mol. The maximum absolute atomic E-state index is 8.98. The monoisotopic (exact) mass is 270 g/mol. The van der Waals surface area contributed by atoms with Crippen molar-refractivity contribution in [1.82, 2.24) is 20.1 Å². The Bertz CT molecular complexity index is 583. The Kier molecular flexibility index (Phi) is 4.69. The van der Waals surface area contributed by atoms with Crippen molar-refractivity contribution in [3.63, 3.8) is 0 Å². The normalized spacial score (nSPS) is 10.7. The summed E-state index contributed by atoms with van der Waals surface area (Å²) in [6.07, 6.45) is 5.35. The van der Waals surface area contributed by atoms with Gasteiger partial charge < -0.3 is 10.6 Å². The minimum atomic E-state index is 0.284. The van der Waals surface area contributed by atoms with Gasteiger partial charge in [0.1, 0.15) is 11.6 Å². The fraction of sp³-hybridized carbons (Fsp3) is 0.357. The lowest BCUT2D eigenvalue weighted by atomic mass is 10.1. The molecule has 104 valence electrons. The molecule has 2 rings (SSSR count). The molecule has 0 fully saturated rings. The zero-order valence-corrected chi connectivity index (χ0v) is 11.5. The summed E-state index contributed by atoms with van der Waals surface area (Å²) in [5.74, 6) is 0.284. The van der Waals surface area contributed by atoms with Gasteiger partial charge in [0.25, 0.3) is 0 Å². The van der Waals surface area contributed by atoms with Crippen LogP contribution in [0.15, 0.2) is 24.5 Å². The Hall–Kier alpha value is -2.39. The van der Waals surface area contributed by atoms with Crippen molar-refractivity contribution in [1.29, 1.82) is 5.26 Å². The Morgan fingerprint density at radius 3 is 3.05 bits per heavy atom. The van der Waals surface area contributed by atoms with E-state index in [1.54, 1.807) is 6.20 Å². The number of anilines is 1. The number of hydrogen-bond donors (Lipinski definition) is 2. The minimum Gasteiger partial charge on any atom is -0.381 e. The third-order valence-corrected chi connectivity index (χ3v) is 3.12. The highest BCUT2D eigenvalue weighted by molar-refractivity contribution is 5.50. The van der Waals surface area contributed by atoms with Crippen molar-refractivity contribution >= 4 is 5.82 Å². The molecule has 2 heterocycles. The fourth-order valence-electron chi connectivity index (χ4n) is 2.11. The quantitative estimate of drug-likeness (QED) is 0.825. The first kappa shape index (κ1) is 14.0. The van der Waals surface area contributed by atoms with Crippen LogP contribution in [0.4, 0.5) is 5.82 Å². The summed E-state index contributed by atoms with van der Waals surface area (Å²) in [5.41, 5.74) is 8.09. The number of hydrogen-bond acceptors (Lipinski definition) is 5. The van der Waals surface area contributed by atoms with Crippen molar-refractivity contribution in [3.8, 4) is 6.07 Å². The van der Waals surface area contributed by atoms with Gasteiger partial charge in [-0.1, -0.05) is 6.07 Å². The number of nitriles is 1. The lowest BCUT2D eigenvalue weighted by Crippen LogP contribution is -2.19. The number of aryl methyl sites for hydroxylation is 1. The van der Waals surface area contributed by atoms with Crippen molar-refractivity contribution in [2.75, 3.05) is 19.3 Å². The summed E-state index contributed by atoms with van der Waals surface area (Å²) >= 11 is 0. The number of H-pyrrole nitrogens is 1. The number of aromatic amines is 1. The molecule has 6 nitrogen and oxygen atoms in total. The molecule has 0 aliphatic carbocycles. The van der Waals surface area contributed by atoms with Gasteiger partial charge in [0, 0.05) is 18.9 Å². The second-order valence-corrected chi connectivity index (χ2v) is 4.78. The van der Waals surface area contributed by atoms with Crippen molar-refractivity contribution in [2.24, 2.45) is 0 Å². The topological polar surface area (TPSA) is 94.6 Å². The molecule has 2 aromatic heterocycles. The summed E-state index contributed by atoms with van der Waals surface area (Å²) in [5, 5.41) is 15.7. The van der Waals surface area contributed by atoms with Crippen LogP contribution in [-0.2, 0) is 13.0 Å². The van der Waals surface area contributed by atoms with E-state index in [1.165, 1.54) is 5.56 Å². The van der Waals surface area contributed by atoms with Gasteiger partial charge in [-0.15, -0.1) is 0 Å². The molecule has 0 amide bonds. The van der Waals surface area contributed by atoms with E-state index in [0.717, 1.165) is 31.6 Å². The average Bonchev–Trinajstić information content (AvgIpc) is 2.80. The molecule has 0 radical (unpaired) electrons. The largest absolute Gasteiger partial charge is 0.381 e. The van der Waals surface area contributed by atoms with Gasteiger partial charge >= 0.3 is 0 Å². The molecule has 0 aliphatic heterocycles. The number of nitrogens with zero attached hydrogens (tertiary/aromatic N) is 4. The van der Waals surface area contributed by atoms with Gasteiger partial charge in [-0.3, -0.25) is 10.1 Å². The first-order valence-corrected chi connectivity index (χ1v) is 6.51. The summed E-state index contributed by atoms with van der Waals surface area (Å²) < 4.78 is 0. The van der Waals surface area contributed by atoms with Gasteiger partial charge in [0.2, 0.25) is 0 Å². The van der Waals surface area contributed by atoms with Crippen molar-refractivity contribution in [3.05, 3.63) is 41.3 Å². The summed E-state index contributed by atoms with van der Waals surface area (Å²) in [7, 11) is 2.07. The fourth-order valence-corrected chi connectivity index (χ4v) is 2.11. The van der Waals surface area contributed by atoms with E-state index in [-0.39, 0.29) is 5.82 Å². The Morgan fingerprint density at radius 1 is 1.50 bits per heavy atom. The Labute approximate surface area is 118 Å². The molecule has 0 saturated heterocycles. The van der Waals surface area contributed by atoms with Crippen LogP contribution >= 0.6 is 0 Å². The number of nitrogens with two attached hydrogens (primary N) is 1. The molecular weight excluding hydrogens is 252 g/mol. The second-order valence-electron chi connectivity index (χ2n) is 4.78. The van der Waals surface area contributed by atoms with E-state index < -0.39 is 0 Å². The Balaban J connectivity index is 1.80. The summed E-state index contributed by atoms with van der Waals surface area (Å²) in [4.78, 5) is 6.33. The SMILES string of the molecule is CN(CCCc1[nH]nc(N)c1C#N)Cc1cccnc1. The van der Waals surface area contributed by atoms with Gasteiger partial charge in [0.15, 0.2) is 5.82 Å². The Morgan fingerprint density at radius 2 is 2.35 bits per heavy atom. The smallest absolute Gasteiger partial charge is 0.163 e. The number of nitrogen functional groups attached to an aromatic ring is 1. The lowest BCUT2D eigenvalue weighted by Gasteiger charge is -2.16. The maximum Gasteiger partial charge on any atom is 0.163 e. The molecule has 0 aromatic carbocycles. The standard InChI is InChI=1S/C14H18N6/c1-20(10-11-4-2-6-17-9-11)7-3-5-13-12(8-15)14(16)19-18-13/h2,4,6,9H,3,5,7,10H2,1H3,(H3,16,18,19). The molecule has 0 saturated carbocycles. The van der Waals surface area contributed by atoms with Crippen molar-refractivity contribution < 1.29 is 0 Å². The molecule has 2 aromatic rings. The lowest BCUT2D eigenvalue weighted by molar-refractivity contribution is 0.321. The van der Waals surface area contributed by atoms with Gasteiger partial charge in [-0.2, -0.15) is 10.4 Å². The van der Waals surface area contributed by atoms with Crippen LogP contribution in [0.5, 0.6) is 0 Å².